The lowest BCUT2D eigenvalue weighted by Crippen LogP contribution is -2.14. The predicted octanol–water partition coefficient (Wildman–Crippen LogP) is 3.53. The molecule has 0 aromatic heterocycles. The molecule has 0 fully saturated rings. The van der Waals surface area contributed by atoms with E-state index in [0.717, 1.165) is 18.8 Å². The van der Waals surface area contributed by atoms with E-state index in [1.165, 1.54) is 24.8 Å². The van der Waals surface area contributed by atoms with Gasteiger partial charge in [-0.25, -0.2) is 0 Å². The second kappa shape index (κ2) is 8.82. The Morgan fingerprint density at radius 1 is 1.24 bits per heavy atom. The van der Waals surface area contributed by atoms with Gasteiger partial charge in [0.1, 0.15) is 12.4 Å². The van der Waals surface area contributed by atoms with Gasteiger partial charge in [-0.1, -0.05) is 44.6 Å². The van der Waals surface area contributed by atoms with Crippen LogP contribution in [0.25, 0.3) is 0 Å². The van der Waals surface area contributed by atoms with E-state index >= 15 is 0 Å². The average molecular weight is 233 g/mol. The third-order valence-electron chi connectivity index (χ3n) is 2.58. The van der Waals surface area contributed by atoms with Gasteiger partial charge in [0.2, 0.25) is 0 Å². The van der Waals surface area contributed by atoms with Crippen LogP contribution in [0.1, 0.15) is 31.7 Å². The van der Waals surface area contributed by atoms with E-state index in [1.54, 1.807) is 6.08 Å². The van der Waals surface area contributed by atoms with E-state index in [1.807, 2.05) is 12.1 Å². The summed E-state index contributed by atoms with van der Waals surface area (Å²) in [5, 5.41) is 3.44. The first-order chi connectivity index (χ1) is 8.36. The summed E-state index contributed by atoms with van der Waals surface area (Å²) in [4.78, 5) is 0. The molecule has 0 aliphatic carbocycles. The van der Waals surface area contributed by atoms with Crippen molar-refractivity contribution >= 4 is 0 Å². The molecule has 1 N–H and O–H groups in total. The third-order valence-corrected chi connectivity index (χ3v) is 2.58. The summed E-state index contributed by atoms with van der Waals surface area (Å²) >= 11 is 0. The molecule has 17 heavy (non-hydrogen) atoms. The van der Waals surface area contributed by atoms with Gasteiger partial charge in [-0.2, -0.15) is 0 Å². The maximum absolute atomic E-state index is 5.43. The maximum Gasteiger partial charge on any atom is 0.119 e. The predicted molar refractivity (Wildman–Crippen MR) is 73.4 cm³/mol. The minimum absolute atomic E-state index is 0.564. The first kappa shape index (κ1) is 13.8. The molecule has 2 nitrogen and oxygen atoms in total. The van der Waals surface area contributed by atoms with Crippen LogP contribution in [0.4, 0.5) is 0 Å². The molecule has 2 heteroatoms. The Hall–Kier alpha value is -1.28. The number of unbranched alkanes of at least 4 members (excludes halogenated alkanes) is 2. The Kier molecular flexibility index (Phi) is 7.15. The zero-order valence-electron chi connectivity index (χ0n) is 10.7. The van der Waals surface area contributed by atoms with E-state index < -0.39 is 0 Å². The van der Waals surface area contributed by atoms with E-state index in [4.69, 9.17) is 4.74 Å². The fourth-order valence-electron chi connectivity index (χ4n) is 1.59. The highest BCUT2D eigenvalue weighted by Gasteiger charge is 1.94. The molecule has 0 aliphatic heterocycles. The van der Waals surface area contributed by atoms with Crippen molar-refractivity contribution in [1.29, 1.82) is 0 Å². The molecule has 0 amide bonds. The second-order valence-corrected chi connectivity index (χ2v) is 4.13. The molecule has 1 rings (SSSR count). The van der Waals surface area contributed by atoms with E-state index in [2.05, 4.69) is 31.0 Å². The van der Waals surface area contributed by atoms with Crippen LogP contribution >= 0.6 is 0 Å². The Morgan fingerprint density at radius 2 is 2.00 bits per heavy atom. The second-order valence-electron chi connectivity index (χ2n) is 4.13. The normalized spacial score (nSPS) is 10.2. The molecule has 0 atom stereocenters. The topological polar surface area (TPSA) is 21.3 Å². The van der Waals surface area contributed by atoms with Gasteiger partial charge in [-0.3, -0.25) is 0 Å². The van der Waals surface area contributed by atoms with Crippen LogP contribution < -0.4 is 10.1 Å². The zero-order valence-corrected chi connectivity index (χ0v) is 10.7. The molecular formula is C15H23NO. The van der Waals surface area contributed by atoms with E-state index in [0.29, 0.717) is 6.61 Å². The lowest BCUT2D eigenvalue weighted by molar-refractivity contribution is 0.363. The van der Waals surface area contributed by atoms with Crippen molar-refractivity contribution < 1.29 is 4.74 Å². The Balaban J connectivity index is 2.23. The molecule has 1 aromatic carbocycles. The van der Waals surface area contributed by atoms with Gasteiger partial charge in [0.25, 0.3) is 0 Å². The van der Waals surface area contributed by atoms with Crippen molar-refractivity contribution in [2.75, 3.05) is 13.2 Å². The third kappa shape index (κ3) is 6.12. The molecule has 0 aliphatic rings. The monoisotopic (exact) mass is 233 g/mol. The van der Waals surface area contributed by atoms with Crippen molar-refractivity contribution in [3.05, 3.63) is 42.5 Å². The standard InChI is InChI=1S/C15H23NO/c1-3-5-6-11-16-13-14-7-9-15(10-8-14)17-12-4-2/h4,7-10,16H,2-3,5-6,11-13H2,1H3. The molecule has 0 saturated carbocycles. The van der Waals surface area contributed by atoms with E-state index in [9.17, 15) is 0 Å². The molecule has 0 saturated heterocycles. The fourth-order valence-corrected chi connectivity index (χ4v) is 1.59. The van der Waals surface area contributed by atoms with Gasteiger partial charge in [0.15, 0.2) is 0 Å². The van der Waals surface area contributed by atoms with E-state index in [-0.39, 0.29) is 0 Å². The number of ether oxygens (including phenoxy) is 1. The van der Waals surface area contributed by atoms with Crippen molar-refractivity contribution in [3.8, 4) is 5.75 Å². The SMILES string of the molecule is C=CCOc1ccc(CNCCCCC)cc1. The van der Waals surface area contributed by atoms with Crippen LogP contribution in [0.15, 0.2) is 36.9 Å². The fraction of sp³-hybridized carbons (Fsp3) is 0.467. The Bertz CT molecular complexity index is 305. The van der Waals surface area contributed by atoms with Crippen molar-refractivity contribution in [3.63, 3.8) is 0 Å². The first-order valence-corrected chi connectivity index (χ1v) is 6.40. The molecule has 0 spiro atoms. The number of hydrogen-bond donors (Lipinski definition) is 1. The van der Waals surface area contributed by atoms with Crippen LogP contribution in [0.2, 0.25) is 0 Å². The molecule has 1 aromatic rings. The van der Waals surface area contributed by atoms with Crippen molar-refractivity contribution in [1.82, 2.24) is 5.32 Å². The van der Waals surface area contributed by atoms with Crippen LogP contribution in [0, 0.1) is 0 Å². The first-order valence-electron chi connectivity index (χ1n) is 6.40. The lowest BCUT2D eigenvalue weighted by atomic mass is 10.2. The number of hydrogen-bond acceptors (Lipinski definition) is 2. The molecule has 0 unspecified atom stereocenters. The van der Waals surface area contributed by atoms with Crippen molar-refractivity contribution in [2.24, 2.45) is 0 Å². The highest BCUT2D eigenvalue weighted by Crippen LogP contribution is 2.11. The van der Waals surface area contributed by atoms with Gasteiger partial charge in [0.05, 0.1) is 0 Å². The van der Waals surface area contributed by atoms with Crippen molar-refractivity contribution in [2.45, 2.75) is 32.7 Å². The zero-order chi connectivity index (χ0) is 12.3. The summed E-state index contributed by atoms with van der Waals surface area (Å²) < 4.78 is 5.43. The number of rotatable bonds is 9. The van der Waals surface area contributed by atoms with Gasteiger partial charge in [-0.05, 0) is 30.7 Å². The summed E-state index contributed by atoms with van der Waals surface area (Å²) in [5.41, 5.74) is 1.30. The molecule has 0 bridgehead atoms. The quantitative estimate of drug-likeness (QED) is 0.520. The average Bonchev–Trinajstić information content (AvgIpc) is 2.37. The summed E-state index contributed by atoms with van der Waals surface area (Å²) in [7, 11) is 0. The Labute approximate surface area is 105 Å². The molecule has 0 heterocycles. The van der Waals surface area contributed by atoms with Gasteiger partial charge in [0, 0.05) is 6.54 Å². The highest BCUT2D eigenvalue weighted by atomic mass is 16.5. The largest absolute Gasteiger partial charge is 0.490 e. The minimum Gasteiger partial charge on any atom is -0.490 e. The van der Waals surface area contributed by atoms with Gasteiger partial charge < -0.3 is 10.1 Å². The summed E-state index contributed by atoms with van der Waals surface area (Å²) in [6.07, 6.45) is 5.60. The molecule has 94 valence electrons. The van der Waals surface area contributed by atoms with Gasteiger partial charge in [-0.15, -0.1) is 0 Å². The van der Waals surface area contributed by atoms with Crippen LogP contribution in [-0.2, 0) is 6.54 Å². The maximum atomic E-state index is 5.43. The smallest absolute Gasteiger partial charge is 0.119 e. The Morgan fingerprint density at radius 3 is 2.65 bits per heavy atom. The summed E-state index contributed by atoms with van der Waals surface area (Å²) in [5.74, 6) is 0.902. The minimum atomic E-state index is 0.564. The number of benzene rings is 1. The number of nitrogens with one attached hydrogen (secondary N) is 1. The lowest BCUT2D eigenvalue weighted by Gasteiger charge is -2.06. The highest BCUT2D eigenvalue weighted by molar-refractivity contribution is 5.27. The molecule has 0 radical (unpaired) electrons. The van der Waals surface area contributed by atoms with Crippen LogP contribution in [-0.4, -0.2) is 13.2 Å². The van der Waals surface area contributed by atoms with Gasteiger partial charge >= 0.3 is 0 Å². The van der Waals surface area contributed by atoms with Crippen LogP contribution in [0.3, 0.4) is 0 Å². The summed E-state index contributed by atoms with van der Waals surface area (Å²) in [6, 6.07) is 8.22. The molecular weight excluding hydrogens is 210 g/mol. The van der Waals surface area contributed by atoms with Crippen LogP contribution in [0.5, 0.6) is 5.75 Å². The summed E-state index contributed by atoms with van der Waals surface area (Å²) in [6.45, 7) is 8.45.